The topological polar surface area (TPSA) is 79.0 Å². The van der Waals surface area contributed by atoms with Gasteiger partial charge in [-0.2, -0.15) is 10.4 Å². The second-order valence-corrected chi connectivity index (χ2v) is 8.86. The molecule has 1 fully saturated rings. The third-order valence-corrected chi connectivity index (χ3v) is 6.61. The van der Waals surface area contributed by atoms with E-state index in [1.807, 2.05) is 48.7 Å². The van der Waals surface area contributed by atoms with Crippen molar-refractivity contribution in [1.29, 1.82) is 5.26 Å². The molecule has 1 aliphatic heterocycles. The quantitative estimate of drug-likeness (QED) is 0.838. The number of sulfone groups is 1. The zero-order valence-corrected chi connectivity index (χ0v) is 15.5. The molecule has 25 heavy (non-hydrogen) atoms. The number of aromatic nitrogens is 2. The van der Waals surface area contributed by atoms with Crippen LogP contribution in [-0.4, -0.2) is 36.8 Å². The maximum absolute atomic E-state index is 11.8. The van der Waals surface area contributed by atoms with E-state index in [0.29, 0.717) is 18.5 Å². The van der Waals surface area contributed by atoms with Gasteiger partial charge < -0.3 is 4.90 Å². The second kappa shape index (κ2) is 6.52. The first-order valence-corrected chi connectivity index (χ1v) is 10.1. The molecule has 7 heteroatoms. The van der Waals surface area contributed by atoms with Crippen LogP contribution in [0.25, 0.3) is 0 Å². The Morgan fingerprint density at radius 3 is 2.72 bits per heavy atom. The summed E-state index contributed by atoms with van der Waals surface area (Å²) in [6.07, 6.45) is 0.622. The van der Waals surface area contributed by atoms with Gasteiger partial charge in [0, 0.05) is 24.8 Å². The Morgan fingerprint density at radius 1 is 1.36 bits per heavy atom. The van der Waals surface area contributed by atoms with E-state index in [0.717, 1.165) is 22.6 Å². The highest BCUT2D eigenvalue weighted by Crippen LogP contribution is 2.28. The molecule has 6 nitrogen and oxygen atoms in total. The van der Waals surface area contributed by atoms with Gasteiger partial charge in [-0.15, -0.1) is 0 Å². The van der Waals surface area contributed by atoms with Crippen LogP contribution < -0.4 is 4.90 Å². The monoisotopic (exact) mass is 358 g/mol. The van der Waals surface area contributed by atoms with Gasteiger partial charge in [0.05, 0.1) is 34.5 Å². The third-order valence-electron chi connectivity index (χ3n) is 4.86. The normalized spacial score (nSPS) is 18.9. The maximum Gasteiger partial charge on any atom is 0.152 e. The maximum atomic E-state index is 11.8. The summed E-state index contributed by atoms with van der Waals surface area (Å²) in [7, 11) is -0.995. The van der Waals surface area contributed by atoms with Crippen LogP contribution in [0.15, 0.2) is 24.3 Å². The molecule has 1 atom stereocenters. The van der Waals surface area contributed by atoms with Gasteiger partial charge in [0.2, 0.25) is 0 Å². The van der Waals surface area contributed by atoms with Crippen molar-refractivity contribution in [1.82, 2.24) is 9.78 Å². The van der Waals surface area contributed by atoms with Crippen LogP contribution in [0.3, 0.4) is 0 Å². The van der Waals surface area contributed by atoms with Crippen molar-refractivity contribution in [2.75, 3.05) is 23.5 Å². The van der Waals surface area contributed by atoms with Crippen LogP contribution in [-0.2, 0) is 16.4 Å². The van der Waals surface area contributed by atoms with Crippen molar-refractivity contribution < 1.29 is 8.42 Å². The van der Waals surface area contributed by atoms with E-state index in [1.165, 1.54) is 0 Å². The Bertz CT molecular complexity index is 940. The van der Waals surface area contributed by atoms with Gasteiger partial charge in [0.15, 0.2) is 9.84 Å². The predicted molar refractivity (Wildman–Crippen MR) is 97.3 cm³/mol. The smallest absolute Gasteiger partial charge is 0.152 e. The summed E-state index contributed by atoms with van der Waals surface area (Å²) in [4.78, 5) is 2.03. The number of anilines is 1. The molecule has 1 aliphatic rings. The lowest BCUT2D eigenvalue weighted by atomic mass is 10.1. The van der Waals surface area contributed by atoms with Crippen molar-refractivity contribution in [3.63, 3.8) is 0 Å². The summed E-state index contributed by atoms with van der Waals surface area (Å²) in [5.74, 6) is 0.405. The van der Waals surface area contributed by atoms with Gasteiger partial charge >= 0.3 is 0 Å². The van der Waals surface area contributed by atoms with Crippen molar-refractivity contribution in [2.45, 2.75) is 32.9 Å². The molecule has 0 N–H and O–H groups in total. The Kier molecular flexibility index (Phi) is 4.56. The Morgan fingerprint density at radius 2 is 2.08 bits per heavy atom. The molecule has 0 radical (unpaired) electrons. The summed E-state index contributed by atoms with van der Waals surface area (Å²) >= 11 is 0. The molecular formula is C18H22N4O2S. The second-order valence-electron chi connectivity index (χ2n) is 6.64. The summed E-state index contributed by atoms with van der Waals surface area (Å²) < 4.78 is 25.4. The SMILES string of the molecule is Cc1nn([C@H]2CCS(=O)(=O)C2)c(C)c1CN(C)c1ccccc1C#N. The fraction of sp³-hybridized carbons (Fsp3) is 0.444. The van der Waals surface area contributed by atoms with Crippen LogP contribution in [0.1, 0.15) is 35.0 Å². The molecule has 0 saturated carbocycles. The fourth-order valence-corrected chi connectivity index (χ4v) is 5.17. The Hall–Kier alpha value is -2.33. The molecular weight excluding hydrogens is 336 g/mol. The van der Waals surface area contributed by atoms with Crippen LogP contribution in [0, 0.1) is 25.2 Å². The third kappa shape index (κ3) is 3.40. The molecule has 1 aromatic heterocycles. The van der Waals surface area contributed by atoms with E-state index in [1.54, 1.807) is 6.07 Å². The molecule has 1 aromatic carbocycles. The van der Waals surface area contributed by atoms with E-state index in [4.69, 9.17) is 0 Å². The van der Waals surface area contributed by atoms with Gasteiger partial charge in [-0.3, -0.25) is 4.68 Å². The standard InChI is InChI=1S/C18H22N4O2S/c1-13-17(11-21(3)18-7-5-4-6-15(18)10-19)14(2)22(20-13)16-8-9-25(23,24)12-16/h4-7,16H,8-9,11-12H2,1-3H3/t16-/m0/s1. The molecule has 1 saturated heterocycles. The minimum Gasteiger partial charge on any atom is -0.369 e. The zero-order chi connectivity index (χ0) is 18.2. The number of para-hydroxylation sites is 1. The minimum absolute atomic E-state index is 0.0749. The first kappa shape index (κ1) is 17.5. The number of nitriles is 1. The summed E-state index contributed by atoms with van der Waals surface area (Å²) in [5, 5.41) is 13.9. The van der Waals surface area contributed by atoms with Gasteiger partial charge in [0.1, 0.15) is 6.07 Å². The van der Waals surface area contributed by atoms with Crippen LogP contribution >= 0.6 is 0 Å². The molecule has 0 bridgehead atoms. The summed E-state index contributed by atoms with van der Waals surface area (Å²) in [6.45, 7) is 4.56. The van der Waals surface area contributed by atoms with E-state index < -0.39 is 9.84 Å². The van der Waals surface area contributed by atoms with Crippen molar-refractivity contribution in [3.8, 4) is 6.07 Å². The van der Waals surface area contributed by atoms with Crippen molar-refractivity contribution >= 4 is 15.5 Å². The number of hydrogen-bond acceptors (Lipinski definition) is 5. The molecule has 0 aliphatic carbocycles. The van der Waals surface area contributed by atoms with Crippen LogP contribution in [0.2, 0.25) is 0 Å². The number of rotatable bonds is 4. The zero-order valence-electron chi connectivity index (χ0n) is 14.7. The number of aryl methyl sites for hydroxylation is 1. The molecule has 2 heterocycles. The minimum atomic E-state index is -2.95. The average molecular weight is 358 g/mol. The first-order valence-electron chi connectivity index (χ1n) is 8.27. The Balaban J connectivity index is 1.88. The number of hydrogen-bond donors (Lipinski definition) is 0. The predicted octanol–water partition coefficient (Wildman–Crippen LogP) is 2.37. The van der Waals surface area contributed by atoms with Crippen molar-refractivity contribution in [2.24, 2.45) is 0 Å². The van der Waals surface area contributed by atoms with E-state index in [9.17, 15) is 13.7 Å². The Labute approximate surface area is 148 Å². The van der Waals surface area contributed by atoms with Gasteiger partial charge in [-0.1, -0.05) is 12.1 Å². The van der Waals surface area contributed by atoms with Crippen molar-refractivity contribution in [3.05, 3.63) is 46.8 Å². The molecule has 3 rings (SSSR count). The lowest BCUT2D eigenvalue weighted by molar-refractivity contribution is 0.485. The van der Waals surface area contributed by atoms with Gasteiger partial charge in [-0.25, -0.2) is 8.42 Å². The lowest BCUT2D eigenvalue weighted by Crippen LogP contribution is -2.19. The number of benzene rings is 1. The molecule has 132 valence electrons. The average Bonchev–Trinajstić information content (AvgIpc) is 3.08. The van der Waals surface area contributed by atoms with Crippen LogP contribution in [0.4, 0.5) is 5.69 Å². The molecule has 0 amide bonds. The molecule has 2 aromatic rings. The molecule has 0 unspecified atom stereocenters. The lowest BCUT2D eigenvalue weighted by Gasteiger charge is -2.21. The van der Waals surface area contributed by atoms with E-state index >= 15 is 0 Å². The fourth-order valence-electron chi connectivity index (χ4n) is 3.47. The van der Waals surface area contributed by atoms with E-state index in [2.05, 4.69) is 11.2 Å². The van der Waals surface area contributed by atoms with Gasteiger partial charge in [0.25, 0.3) is 0 Å². The summed E-state index contributed by atoms with van der Waals surface area (Å²) in [5.41, 5.74) is 4.50. The van der Waals surface area contributed by atoms with Gasteiger partial charge in [-0.05, 0) is 32.4 Å². The summed E-state index contributed by atoms with van der Waals surface area (Å²) in [6, 6.07) is 9.65. The number of nitrogens with zero attached hydrogens (tertiary/aromatic N) is 4. The largest absolute Gasteiger partial charge is 0.369 e. The van der Waals surface area contributed by atoms with Crippen LogP contribution in [0.5, 0.6) is 0 Å². The highest BCUT2D eigenvalue weighted by molar-refractivity contribution is 7.91. The highest BCUT2D eigenvalue weighted by atomic mass is 32.2. The van der Waals surface area contributed by atoms with E-state index in [-0.39, 0.29) is 17.5 Å². The highest BCUT2D eigenvalue weighted by Gasteiger charge is 2.31. The molecule has 0 spiro atoms. The first-order chi connectivity index (χ1) is 11.8.